The maximum Gasteiger partial charge on any atom is 0.158 e. The van der Waals surface area contributed by atoms with Crippen LogP contribution in [-0.2, 0) is 24.1 Å². The SMILES string of the molecule is CCc1nn(C)c2c1nc(CCl)n2C1CC(OC)C1(C)C. The lowest BCUT2D eigenvalue weighted by atomic mass is 9.64. The molecule has 0 aromatic carbocycles. The maximum atomic E-state index is 6.15. The molecule has 0 radical (unpaired) electrons. The largest absolute Gasteiger partial charge is 0.381 e. The maximum absolute atomic E-state index is 6.15. The van der Waals surface area contributed by atoms with E-state index in [-0.39, 0.29) is 11.5 Å². The van der Waals surface area contributed by atoms with E-state index in [1.165, 1.54) is 0 Å². The molecule has 2 aromatic heterocycles. The van der Waals surface area contributed by atoms with Crippen LogP contribution in [0.25, 0.3) is 11.2 Å². The summed E-state index contributed by atoms with van der Waals surface area (Å²) >= 11 is 6.15. The van der Waals surface area contributed by atoms with Crippen molar-refractivity contribution in [3.8, 4) is 0 Å². The van der Waals surface area contributed by atoms with Crippen LogP contribution in [0.5, 0.6) is 0 Å². The van der Waals surface area contributed by atoms with Crippen molar-refractivity contribution in [1.29, 1.82) is 0 Å². The summed E-state index contributed by atoms with van der Waals surface area (Å²) in [6, 6.07) is 0.348. The smallest absolute Gasteiger partial charge is 0.158 e. The van der Waals surface area contributed by atoms with Gasteiger partial charge in [0.1, 0.15) is 11.3 Å². The number of methoxy groups -OCH3 is 1. The molecule has 0 saturated heterocycles. The minimum atomic E-state index is 0.0693. The van der Waals surface area contributed by atoms with E-state index in [9.17, 15) is 0 Å². The van der Waals surface area contributed by atoms with Gasteiger partial charge < -0.3 is 9.30 Å². The first-order valence-electron chi connectivity index (χ1n) is 7.47. The summed E-state index contributed by atoms with van der Waals surface area (Å²) in [5.74, 6) is 1.35. The summed E-state index contributed by atoms with van der Waals surface area (Å²) < 4.78 is 9.80. The Balaban J connectivity index is 2.16. The Morgan fingerprint density at radius 3 is 2.67 bits per heavy atom. The van der Waals surface area contributed by atoms with Crippen LogP contribution < -0.4 is 0 Å². The van der Waals surface area contributed by atoms with Crippen LogP contribution in [0.2, 0.25) is 0 Å². The Kier molecular flexibility index (Phi) is 3.53. The van der Waals surface area contributed by atoms with Gasteiger partial charge in [0.15, 0.2) is 5.65 Å². The second-order valence-electron chi connectivity index (χ2n) is 6.42. The van der Waals surface area contributed by atoms with E-state index in [1.54, 1.807) is 7.11 Å². The zero-order valence-corrected chi connectivity index (χ0v) is 14.1. The van der Waals surface area contributed by atoms with Crippen LogP contribution in [0.4, 0.5) is 0 Å². The minimum absolute atomic E-state index is 0.0693. The summed E-state index contributed by atoms with van der Waals surface area (Å²) in [5.41, 5.74) is 3.18. The molecule has 3 rings (SSSR count). The van der Waals surface area contributed by atoms with E-state index in [4.69, 9.17) is 21.3 Å². The number of aryl methyl sites for hydroxylation is 2. The van der Waals surface area contributed by atoms with Crippen molar-refractivity contribution >= 4 is 22.8 Å². The summed E-state index contributed by atoms with van der Waals surface area (Å²) in [6.45, 7) is 6.60. The van der Waals surface area contributed by atoms with Gasteiger partial charge in [0.2, 0.25) is 0 Å². The molecule has 6 heteroatoms. The number of alkyl halides is 1. The van der Waals surface area contributed by atoms with Crippen molar-refractivity contribution in [3.05, 3.63) is 11.5 Å². The van der Waals surface area contributed by atoms with Crippen molar-refractivity contribution in [2.45, 2.75) is 51.6 Å². The quantitative estimate of drug-likeness (QED) is 0.815. The van der Waals surface area contributed by atoms with Crippen molar-refractivity contribution in [2.75, 3.05) is 7.11 Å². The number of halogens is 1. The van der Waals surface area contributed by atoms with Gasteiger partial charge in [0.05, 0.1) is 17.7 Å². The molecule has 2 aromatic rings. The van der Waals surface area contributed by atoms with E-state index >= 15 is 0 Å². The first-order valence-corrected chi connectivity index (χ1v) is 8.00. The average Bonchev–Trinajstić information content (AvgIpc) is 2.96. The Bertz CT molecular complexity index is 673. The van der Waals surface area contributed by atoms with Crippen LogP contribution in [0.3, 0.4) is 0 Å². The number of rotatable bonds is 4. The third-order valence-electron chi connectivity index (χ3n) is 4.99. The van der Waals surface area contributed by atoms with Crippen LogP contribution in [0.15, 0.2) is 0 Å². The first-order chi connectivity index (χ1) is 9.95. The van der Waals surface area contributed by atoms with E-state index in [2.05, 4.69) is 30.4 Å². The number of imidazole rings is 1. The van der Waals surface area contributed by atoms with Crippen LogP contribution >= 0.6 is 11.6 Å². The second-order valence-corrected chi connectivity index (χ2v) is 6.69. The Labute approximate surface area is 130 Å². The fourth-order valence-corrected chi connectivity index (χ4v) is 3.80. The molecule has 1 fully saturated rings. The van der Waals surface area contributed by atoms with Crippen molar-refractivity contribution in [2.24, 2.45) is 12.5 Å². The van der Waals surface area contributed by atoms with E-state index in [0.29, 0.717) is 11.9 Å². The minimum Gasteiger partial charge on any atom is -0.381 e. The average molecular weight is 311 g/mol. The van der Waals surface area contributed by atoms with Crippen molar-refractivity contribution in [1.82, 2.24) is 19.3 Å². The highest BCUT2D eigenvalue weighted by atomic mass is 35.5. The van der Waals surface area contributed by atoms with Crippen LogP contribution in [0.1, 0.15) is 44.8 Å². The van der Waals surface area contributed by atoms with Gasteiger partial charge in [0.25, 0.3) is 0 Å². The first kappa shape index (κ1) is 14.9. The number of aromatic nitrogens is 4. The predicted molar refractivity (Wildman–Crippen MR) is 83.7 cm³/mol. The predicted octanol–water partition coefficient (Wildman–Crippen LogP) is 3.06. The molecule has 0 N–H and O–H groups in total. The van der Waals surface area contributed by atoms with E-state index in [1.807, 2.05) is 11.7 Å². The van der Waals surface area contributed by atoms with Gasteiger partial charge in [-0.2, -0.15) is 5.10 Å². The Morgan fingerprint density at radius 1 is 1.43 bits per heavy atom. The molecule has 5 nitrogen and oxygen atoms in total. The lowest BCUT2D eigenvalue weighted by Crippen LogP contribution is -2.51. The van der Waals surface area contributed by atoms with E-state index in [0.717, 1.165) is 35.5 Å². The molecule has 1 aliphatic rings. The van der Waals surface area contributed by atoms with Gasteiger partial charge in [-0.3, -0.25) is 4.68 Å². The van der Waals surface area contributed by atoms with E-state index < -0.39 is 0 Å². The summed E-state index contributed by atoms with van der Waals surface area (Å²) in [4.78, 5) is 4.75. The van der Waals surface area contributed by atoms with Gasteiger partial charge in [-0.25, -0.2) is 4.98 Å². The normalized spacial score (nSPS) is 24.5. The standard InChI is InChI=1S/C15H23ClN4O/c1-6-9-13-14(19(4)18-9)20(12(8-16)17-13)10-7-11(21-5)15(10,2)3/h10-11H,6-8H2,1-5H3. The second kappa shape index (κ2) is 4.99. The zero-order valence-electron chi connectivity index (χ0n) is 13.4. The van der Waals surface area contributed by atoms with Crippen LogP contribution in [-0.4, -0.2) is 32.5 Å². The Hall–Kier alpha value is -1.07. The molecule has 0 bridgehead atoms. The van der Waals surface area contributed by atoms with Gasteiger partial charge >= 0.3 is 0 Å². The highest BCUT2D eigenvalue weighted by Crippen LogP contribution is 2.52. The zero-order chi connectivity index (χ0) is 15.4. The highest BCUT2D eigenvalue weighted by molar-refractivity contribution is 6.16. The lowest BCUT2D eigenvalue weighted by molar-refractivity contribution is -0.112. The summed E-state index contributed by atoms with van der Waals surface area (Å²) in [6.07, 6.45) is 2.15. The fraction of sp³-hybridized carbons (Fsp3) is 0.733. The van der Waals surface area contributed by atoms with Crippen molar-refractivity contribution < 1.29 is 4.74 Å². The summed E-state index contributed by atoms with van der Waals surface area (Å²) in [5, 5.41) is 4.59. The fourth-order valence-electron chi connectivity index (χ4n) is 3.61. The highest BCUT2D eigenvalue weighted by Gasteiger charge is 2.51. The van der Waals surface area contributed by atoms with Crippen LogP contribution in [0, 0.1) is 5.41 Å². The molecule has 0 spiro atoms. The lowest BCUT2D eigenvalue weighted by Gasteiger charge is -2.51. The molecule has 2 unspecified atom stereocenters. The van der Waals surface area contributed by atoms with Gasteiger partial charge in [-0.05, 0) is 12.8 Å². The van der Waals surface area contributed by atoms with Gasteiger partial charge in [-0.1, -0.05) is 20.8 Å². The monoisotopic (exact) mass is 310 g/mol. The molecule has 21 heavy (non-hydrogen) atoms. The Morgan fingerprint density at radius 2 is 2.14 bits per heavy atom. The number of ether oxygens (including phenoxy) is 1. The number of fused-ring (bicyclic) bond motifs is 1. The molecule has 2 atom stereocenters. The molecular formula is C15H23ClN4O. The molecule has 116 valence electrons. The molecular weight excluding hydrogens is 288 g/mol. The summed E-state index contributed by atoms with van der Waals surface area (Å²) in [7, 11) is 3.77. The number of nitrogens with zero attached hydrogens (tertiary/aromatic N) is 4. The molecule has 2 heterocycles. The molecule has 0 aliphatic heterocycles. The third-order valence-corrected chi connectivity index (χ3v) is 5.23. The third kappa shape index (κ3) is 1.94. The van der Waals surface area contributed by atoms with Crippen molar-refractivity contribution in [3.63, 3.8) is 0 Å². The molecule has 0 amide bonds. The van der Waals surface area contributed by atoms with Gasteiger partial charge in [-0.15, -0.1) is 11.6 Å². The molecule has 1 aliphatic carbocycles. The molecule has 1 saturated carbocycles. The number of hydrogen-bond acceptors (Lipinski definition) is 3. The topological polar surface area (TPSA) is 44.9 Å². The van der Waals surface area contributed by atoms with Gasteiger partial charge in [0, 0.05) is 25.6 Å². The number of hydrogen-bond donors (Lipinski definition) is 0.